The number of sulfonamides is 1. The highest BCUT2D eigenvalue weighted by molar-refractivity contribution is 7.89. The van der Waals surface area contributed by atoms with Crippen molar-refractivity contribution < 1.29 is 13.2 Å². The average molecular weight is 275 g/mol. The Kier molecular flexibility index (Phi) is 6.02. The summed E-state index contributed by atoms with van der Waals surface area (Å²) in [6.07, 6.45) is 2.30. The summed E-state index contributed by atoms with van der Waals surface area (Å²) in [5.41, 5.74) is 5.37. The third kappa shape index (κ3) is 3.92. The molecule has 1 unspecified atom stereocenters. The molecule has 1 aliphatic heterocycles. The highest BCUT2D eigenvalue weighted by Crippen LogP contribution is 2.19. The van der Waals surface area contributed by atoms with Crippen LogP contribution in [-0.4, -0.2) is 50.3 Å². The fourth-order valence-corrected chi connectivity index (χ4v) is 3.18. The Hall–Kier alpha value is -0.680. The van der Waals surface area contributed by atoms with E-state index < -0.39 is 15.3 Å². The Labute approximate surface area is 109 Å². The Morgan fingerprint density at radius 2 is 2.11 bits per heavy atom. The molecule has 0 aromatic rings. The molecule has 7 heteroatoms. The first-order valence-electron chi connectivity index (χ1n) is 6.22. The zero-order valence-electron chi connectivity index (χ0n) is 10.7. The van der Waals surface area contributed by atoms with E-state index in [0.717, 1.165) is 6.42 Å². The van der Waals surface area contributed by atoms with Gasteiger partial charge in [-0.15, -0.1) is 0 Å². The molecule has 0 bridgehead atoms. The minimum atomic E-state index is -3.46. The van der Waals surface area contributed by atoms with Crippen molar-refractivity contribution in [2.45, 2.75) is 37.5 Å². The lowest BCUT2D eigenvalue weighted by Crippen LogP contribution is -2.44. The highest BCUT2D eigenvalue weighted by Gasteiger charge is 2.32. The smallest absolute Gasteiger partial charge is 0.230 e. The molecule has 1 atom stereocenters. The van der Waals surface area contributed by atoms with Gasteiger partial charge in [0.25, 0.3) is 0 Å². The van der Waals surface area contributed by atoms with E-state index in [-0.39, 0.29) is 6.10 Å². The van der Waals surface area contributed by atoms with Gasteiger partial charge in [-0.25, -0.2) is 12.7 Å². The summed E-state index contributed by atoms with van der Waals surface area (Å²) in [4.78, 5) is 0. The van der Waals surface area contributed by atoms with Gasteiger partial charge in [0, 0.05) is 19.7 Å². The van der Waals surface area contributed by atoms with Crippen LogP contribution in [0.4, 0.5) is 0 Å². The Bertz CT molecular complexity index is 383. The maximum Gasteiger partial charge on any atom is 0.230 e. The second-order valence-corrected chi connectivity index (χ2v) is 6.68. The number of hydrogen-bond acceptors (Lipinski definition) is 5. The number of nitrogens with two attached hydrogens (primary N) is 1. The third-order valence-electron chi connectivity index (χ3n) is 3.09. The first-order chi connectivity index (χ1) is 8.52. The molecule has 18 heavy (non-hydrogen) atoms. The van der Waals surface area contributed by atoms with Gasteiger partial charge in [0.1, 0.15) is 0 Å². The van der Waals surface area contributed by atoms with Gasteiger partial charge in [-0.3, -0.25) is 0 Å². The quantitative estimate of drug-likeness (QED) is 0.691. The molecule has 0 aromatic carbocycles. The molecule has 0 saturated carbocycles. The Balaban J connectivity index is 2.42. The summed E-state index contributed by atoms with van der Waals surface area (Å²) < 4.78 is 30.9. The molecule has 1 heterocycles. The van der Waals surface area contributed by atoms with Crippen LogP contribution in [0.2, 0.25) is 0 Å². The summed E-state index contributed by atoms with van der Waals surface area (Å²) in [5, 5.41) is 7.72. The fourth-order valence-electron chi connectivity index (χ4n) is 1.88. The SMILES string of the molecule is CC(C#N)S(=O)(=O)N1CCC(OCCCN)CC1. The normalized spacial score (nSPS) is 20.5. The van der Waals surface area contributed by atoms with Crippen molar-refractivity contribution in [3.63, 3.8) is 0 Å². The molecule has 1 fully saturated rings. The van der Waals surface area contributed by atoms with Crippen molar-refractivity contribution >= 4 is 10.0 Å². The van der Waals surface area contributed by atoms with E-state index in [1.807, 2.05) is 0 Å². The van der Waals surface area contributed by atoms with Crippen LogP contribution < -0.4 is 5.73 Å². The highest BCUT2D eigenvalue weighted by atomic mass is 32.2. The molecule has 0 aliphatic carbocycles. The maximum absolute atomic E-state index is 11.9. The summed E-state index contributed by atoms with van der Waals surface area (Å²) >= 11 is 0. The van der Waals surface area contributed by atoms with E-state index >= 15 is 0 Å². The first kappa shape index (κ1) is 15.4. The third-order valence-corrected chi connectivity index (χ3v) is 5.18. The monoisotopic (exact) mass is 275 g/mol. The van der Waals surface area contributed by atoms with Crippen LogP contribution in [0.1, 0.15) is 26.2 Å². The van der Waals surface area contributed by atoms with Crippen LogP contribution in [0, 0.1) is 11.3 Å². The molecule has 2 N–H and O–H groups in total. The molecule has 1 saturated heterocycles. The molecule has 104 valence electrons. The molecular formula is C11H21N3O3S. The van der Waals surface area contributed by atoms with Crippen LogP contribution in [0.25, 0.3) is 0 Å². The molecule has 1 rings (SSSR count). The number of nitriles is 1. The zero-order valence-corrected chi connectivity index (χ0v) is 11.5. The van der Waals surface area contributed by atoms with E-state index in [9.17, 15) is 8.42 Å². The number of hydrogen-bond donors (Lipinski definition) is 1. The molecule has 6 nitrogen and oxygen atoms in total. The van der Waals surface area contributed by atoms with Gasteiger partial charge in [0.05, 0.1) is 12.2 Å². The average Bonchev–Trinajstić information content (AvgIpc) is 2.38. The number of piperidine rings is 1. The predicted molar refractivity (Wildman–Crippen MR) is 68.2 cm³/mol. The van der Waals surface area contributed by atoms with E-state index in [0.29, 0.717) is 39.1 Å². The van der Waals surface area contributed by atoms with E-state index in [1.165, 1.54) is 11.2 Å². The Morgan fingerprint density at radius 1 is 1.50 bits per heavy atom. The molecule has 0 amide bonds. The second kappa shape index (κ2) is 7.04. The van der Waals surface area contributed by atoms with Crippen molar-refractivity contribution in [2.24, 2.45) is 5.73 Å². The number of ether oxygens (including phenoxy) is 1. The lowest BCUT2D eigenvalue weighted by molar-refractivity contribution is 0.0208. The van der Waals surface area contributed by atoms with Crippen LogP contribution >= 0.6 is 0 Å². The topological polar surface area (TPSA) is 96.4 Å². The van der Waals surface area contributed by atoms with Crippen molar-refractivity contribution in [1.82, 2.24) is 4.31 Å². The lowest BCUT2D eigenvalue weighted by atomic mass is 10.1. The van der Waals surface area contributed by atoms with Gasteiger partial charge in [-0.1, -0.05) is 0 Å². The summed E-state index contributed by atoms with van der Waals surface area (Å²) in [5.74, 6) is 0. The molecule has 0 aromatic heterocycles. The predicted octanol–water partition coefficient (Wildman–Crippen LogP) is 0.0581. The fraction of sp³-hybridized carbons (Fsp3) is 0.909. The first-order valence-corrected chi connectivity index (χ1v) is 7.73. The minimum Gasteiger partial charge on any atom is -0.378 e. The standard InChI is InChI=1S/C11H21N3O3S/c1-10(9-13)18(15,16)14-6-3-11(4-7-14)17-8-2-5-12/h10-11H,2-8,12H2,1H3. The van der Waals surface area contributed by atoms with Crippen molar-refractivity contribution in [2.75, 3.05) is 26.2 Å². The summed E-state index contributed by atoms with van der Waals surface area (Å²) in [7, 11) is -3.46. The molecule has 0 radical (unpaired) electrons. The lowest BCUT2D eigenvalue weighted by Gasteiger charge is -2.31. The Morgan fingerprint density at radius 3 is 2.61 bits per heavy atom. The van der Waals surface area contributed by atoms with E-state index in [4.69, 9.17) is 15.7 Å². The van der Waals surface area contributed by atoms with Crippen LogP contribution in [0.3, 0.4) is 0 Å². The maximum atomic E-state index is 11.9. The molecule has 0 spiro atoms. The second-order valence-electron chi connectivity index (χ2n) is 4.43. The van der Waals surface area contributed by atoms with E-state index in [2.05, 4.69) is 0 Å². The van der Waals surface area contributed by atoms with E-state index in [1.54, 1.807) is 6.07 Å². The molecular weight excluding hydrogens is 254 g/mol. The van der Waals surface area contributed by atoms with Crippen LogP contribution in [0.15, 0.2) is 0 Å². The van der Waals surface area contributed by atoms with Gasteiger partial charge >= 0.3 is 0 Å². The van der Waals surface area contributed by atoms with Gasteiger partial charge in [-0.05, 0) is 32.7 Å². The van der Waals surface area contributed by atoms with Crippen LogP contribution in [-0.2, 0) is 14.8 Å². The largest absolute Gasteiger partial charge is 0.378 e. The van der Waals surface area contributed by atoms with Crippen LogP contribution in [0.5, 0.6) is 0 Å². The number of nitrogens with zero attached hydrogens (tertiary/aromatic N) is 2. The zero-order chi connectivity index (χ0) is 13.6. The van der Waals surface area contributed by atoms with Gasteiger partial charge in [0.2, 0.25) is 10.0 Å². The molecule has 1 aliphatic rings. The van der Waals surface area contributed by atoms with Gasteiger partial charge in [0.15, 0.2) is 5.25 Å². The summed E-state index contributed by atoms with van der Waals surface area (Å²) in [6.45, 7) is 3.51. The van der Waals surface area contributed by atoms with Gasteiger partial charge in [-0.2, -0.15) is 5.26 Å². The summed E-state index contributed by atoms with van der Waals surface area (Å²) in [6, 6.07) is 1.78. The van der Waals surface area contributed by atoms with Crippen molar-refractivity contribution in [3.8, 4) is 6.07 Å². The number of rotatable bonds is 6. The van der Waals surface area contributed by atoms with Crippen molar-refractivity contribution in [3.05, 3.63) is 0 Å². The minimum absolute atomic E-state index is 0.111. The van der Waals surface area contributed by atoms with Crippen molar-refractivity contribution in [1.29, 1.82) is 5.26 Å². The van der Waals surface area contributed by atoms with Gasteiger partial charge < -0.3 is 10.5 Å².